The monoisotopic (exact) mass is 435 g/mol. The van der Waals surface area contributed by atoms with E-state index in [2.05, 4.69) is 15.3 Å². The van der Waals surface area contributed by atoms with E-state index in [0.29, 0.717) is 29.3 Å². The first-order valence-electron chi connectivity index (χ1n) is 10.5. The largest absolute Gasteiger partial charge is 0.496 e. The highest BCUT2D eigenvalue weighted by Gasteiger charge is 2.18. The number of carbonyl (C=O) groups excluding carboxylic acids is 1. The molecule has 0 spiro atoms. The van der Waals surface area contributed by atoms with Crippen molar-refractivity contribution in [3.8, 4) is 28.3 Å². The van der Waals surface area contributed by atoms with Gasteiger partial charge in [-0.15, -0.1) is 0 Å². The van der Waals surface area contributed by atoms with Crippen LogP contribution in [0, 0.1) is 0 Å². The van der Waals surface area contributed by atoms with E-state index in [1.165, 1.54) is 0 Å². The van der Waals surface area contributed by atoms with Gasteiger partial charge in [0, 0.05) is 23.4 Å². The first-order chi connectivity index (χ1) is 16.2. The Hall–Kier alpha value is -4.52. The zero-order valence-electron chi connectivity index (χ0n) is 18.0. The zero-order valence-corrected chi connectivity index (χ0v) is 18.0. The Balaban J connectivity index is 1.61. The molecule has 5 aromatic rings. The Labute approximate surface area is 190 Å². The molecule has 1 N–H and O–H groups in total. The van der Waals surface area contributed by atoms with Crippen LogP contribution in [0.4, 0.5) is 0 Å². The molecule has 0 radical (unpaired) electrons. The Kier molecular flexibility index (Phi) is 5.51. The van der Waals surface area contributed by atoms with E-state index in [1.54, 1.807) is 23.9 Å². The molecule has 3 heterocycles. The second-order valence-electron chi connectivity index (χ2n) is 7.40. The number of fused-ring (bicyclic) bond motifs is 1. The summed E-state index contributed by atoms with van der Waals surface area (Å²) in [6, 6.07) is 26.7. The van der Waals surface area contributed by atoms with Gasteiger partial charge in [0.15, 0.2) is 5.65 Å². The van der Waals surface area contributed by atoms with E-state index < -0.39 is 0 Å². The average molecular weight is 435 g/mol. The topological polar surface area (TPSA) is 81.4 Å². The SMILES string of the molecule is COc1ccccc1-c1cc(C(=O)NCc2ccccn2)nc2cc(-c3ccccc3)nn12. The molecule has 2 aromatic carbocycles. The quantitative estimate of drug-likeness (QED) is 0.428. The summed E-state index contributed by atoms with van der Waals surface area (Å²) >= 11 is 0. The molecule has 0 aliphatic rings. The van der Waals surface area contributed by atoms with Gasteiger partial charge in [-0.1, -0.05) is 48.5 Å². The van der Waals surface area contributed by atoms with Crippen LogP contribution in [0.15, 0.2) is 91.1 Å². The number of hydrogen-bond donors (Lipinski definition) is 1. The number of pyridine rings is 1. The number of nitrogens with one attached hydrogen (secondary N) is 1. The minimum absolute atomic E-state index is 0.290. The van der Waals surface area contributed by atoms with Crippen molar-refractivity contribution in [1.82, 2.24) is 24.9 Å². The van der Waals surface area contributed by atoms with Crippen molar-refractivity contribution in [2.24, 2.45) is 0 Å². The summed E-state index contributed by atoms with van der Waals surface area (Å²) in [6.07, 6.45) is 1.70. The van der Waals surface area contributed by atoms with Crippen LogP contribution < -0.4 is 10.1 Å². The van der Waals surface area contributed by atoms with E-state index in [0.717, 1.165) is 22.5 Å². The van der Waals surface area contributed by atoms with Crippen molar-refractivity contribution in [3.63, 3.8) is 0 Å². The van der Waals surface area contributed by atoms with E-state index in [1.807, 2.05) is 78.9 Å². The number of para-hydroxylation sites is 1. The number of aromatic nitrogens is 4. The van der Waals surface area contributed by atoms with Gasteiger partial charge in [-0.2, -0.15) is 5.10 Å². The third kappa shape index (κ3) is 4.16. The molecule has 0 unspecified atom stereocenters. The summed E-state index contributed by atoms with van der Waals surface area (Å²) < 4.78 is 7.32. The average Bonchev–Trinajstić information content (AvgIpc) is 3.32. The number of amides is 1. The number of methoxy groups -OCH3 is 1. The Morgan fingerprint density at radius 3 is 2.55 bits per heavy atom. The molecule has 0 atom stereocenters. The standard InChI is InChI=1S/C26H21N5O2/c1-33-24-13-6-5-12-20(24)23-15-22(26(32)28-17-19-11-7-8-14-27-19)29-25-16-21(30-31(23)25)18-9-3-2-4-10-18/h2-16H,17H2,1H3,(H,28,32). The summed E-state index contributed by atoms with van der Waals surface area (Å²) in [5.74, 6) is 0.392. The van der Waals surface area contributed by atoms with E-state index >= 15 is 0 Å². The molecule has 0 aliphatic carbocycles. The molecule has 5 rings (SSSR count). The lowest BCUT2D eigenvalue weighted by Crippen LogP contribution is -2.24. The van der Waals surface area contributed by atoms with Gasteiger partial charge in [0.25, 0.3) is 5.91 Å². The first-order valence-corrected chi connectivity index (χ1v) is 10.5. The molecule has 0 aliphatic heterocycles. The molecule has 3 aromatic heterocycles. The van der Waals surface area contributed by atoms with Crippen LogP contribution in [0.3, 0.4) is 0 Å². The molecule has 0 bridgehead atoms. The second kappa shape index (κ2) is 8.92. The molecule has 1 amide bonds. The predicted molar refractivity (Wildman–Crippen MR) is 126 cm³/mol. The normalized spacial score (nSPS) is 10.8. The summed E-state index contributed by atoms with van der Waals surface area (Å²) in [5.41, 5.74) is 4.89. The Morgan fingerprint density at radius 2 is 1.76 bits per heavy atom. The molecular formula is C26H21N5O2. The number of carbonyl (C=O) groups is 1. The molecule has 0 saturated heterocycles. The van der Waals surface area contributed by atoms with Gasteiger partial charge in [0.05, 0.1) is 30.7 Å². The third-order valence-electron chi connectivity index (χ3n) is 5.27. The molecule has 0 fully saturated rings. The second-order valence-corrected chi connectivity index (χ2v) is 7.40. The number of hydrogen-bond acceptors (Lipinski definition) is 5. The van der Waals surface area contributed by atoms with Crippen LogP contribution in [-0.4, -0.2) is 32.6 Å². The fourth-order valence-electron chi connectivity index (χ4n) is 3.65. The number of ether oxygens (including phenoxy) is 1. The van der Waals surface area contributed by atoms with Crippen LogP contribution in [0.2, 0.25) is 0 Å². The van der Waals surface area contributed by atoms with Gasteiger partial charge in [0.1, 0.15) is 11.4 Å². The maximum Gasteiger partial charge on any atom is 0.270 e. The summed E-state index contributed by atoms with van der Waals surface area (Å²) in [7, 11) is 1.62. The molecule has 0 saturated carbocycles. The van der Waals surface area contributed by atoms with Gasteiger partial charge < -0.3 is 10.1 Å². The predicted octanol–water partition coefficient (Wildman–Crippen LogP) is 4.40. The molecule has 7 heteroatoms. The lowest BCUT2D eigenvalue weighted by molar-refractivity contribution is 0.0945. The third-order valence-corrected chi connectivity index (χ3v) is 5.27. The summed E-state index contributed by atoms with van der Waals surface area (Å²) in [5, 5.41) is 7.69. The zero-order chi connectivity index (χ0) is 22.6. The van der Waals surface area contributed by atoms with Gasteiger partial charge >= 0.3 is 0 Å². The highest BCUT2D eigenvalue weighted by atomic mass is 16.5. The lowest BCUT2D eigenvalue weighted by Gasteiger charge is -2.12. The van der Waals surface area contributed by atoms with E-state index in [9.17, 15) is 4.79 Å². The van der Waals surface area contributed by atoms with E-state index in [-0.39, 0.29) is 5.91 Å². The number of rotatable bonds is 6. The Bertz CT molecular complexity index is 1420. The number of benzene rings is 2. The molecule has 7 nitrogen and oxygen atoms in total. The molecule has 33 heavy (non-hydrogen) atoms. The van der Waals surface area contributed by atoms with Crippen LogP contribution in [0.5, 0.6) is 5.75 Å². The highest BCUT2D eigenvalue weighted by Crippen LogP contribution is 2.31. The van der Waals surface area contributed by atoms with Gasteiger partial charge in [0.2, 0.25) is 0 Å². The van der Waals surface area contributed by atoms with Crippen molar-refractivity contribution in [2.75, 3.05) is 7.11 Å². The maximum absolute atomic E-state index is 13.0. The Morgan fingerprint density at radius 1 is 0.970 bits per heavy atom. The van der Waals surface area contributed by atoms with Crippen LogP contribution in [0.1, 0.15) is 16.2 Å². The fourth-order valence-corrected chi connectivity index (χ4v) is 3.65. The minimum atomic E-state index is -0.290. The van der Waals surface area contributed by atoms with E-state index in [4.69, 9.17) is 9.84 Å². The molecular weight excluding hydrogens is 414 g/mol. The highest BCUT2D eigenvalue weighted by molar-refractivity contribution is 5.94. The van der Waals surface area contributed by atoms with Crippen LogP contribution in [0.25, 0.3) is 28.2 Å². The van der Waals surface area contributed by atoms with Gasteiger partial charge in [-0.25, -0.2) is 9.50 Å². The van der Waals surface area contributed by atoms with Gasteiger partial charge in [-0.3, -0.25) is 9.78 Å². The van der Waals surface area contributed by atoms with Crippen molar-refractivity contribution in [1.29, 1.82) is 0 Å². The fraction of sp³-hybridized carbons (Fsp3) is 0.0769. The first kappa shape index (κ1) is 20.4. The van der Waals surface area contributed by atoms with Crippen molar-refractivity contribution >= 4 is 11.6 Å². The maximum atomic E-state index is 13.0. The smallest absolute Gasteiger partial charge is 0.270 e. The number of nitrogens with zero attached hydrogens (tertiary/aromatic N) is 4. The van der Waals surface area contributed by atoms with Crippen LogP contribution in [-0.2, 0) is 6.54 Å². The summed E-state index contributed by atoms with van der Waals surface area (Å²) in [6.45, 7) is 0.311. The van der Waals surface area contributed by atoms with Crippen molar-refractivity contribution in [3.05, 3.63) is 103 Å². The summed E-state index contributed by atoms with van der Waals surface area (Å²) in [4.78, 5) is 21.9. The van der Waals surface area contributed by atoms with Crippen LogP contribution >= 0.6 is 0 Å². The lowest BCUT2D eigenvalue weighted by atomic mass is 10.1. The van der Waals surface area contributed by atoms with Crippen molar-refractivity contribution in [2.45, 2.75) is 6.54 Å². The van der Waals surface area contributed by atoms with Crippen molar-refractivity contribution < 1.29 is 9.53 Å². The molecule has 162 valence electrons. The van der Waals surface area contributed by atoms with Gasteiger partial charge in [-0.05, 0) is 30.3 Å². The minimum Gasteiger partial charge on any atom is -0.496 e.